The largest absolute Gasteiger partial charge is 0.378 e. The topological polar surface area (TPSA) is 87.8 Å². The van der Waals surface area contributed by atoms with E-state index in [-0.39, 0.29) is 10.9 Å². The second kappa shape index (κ2) is 6.81. The molecule has 0 bridgehead atoms. The zero-order valence-corrected chi connectivity index (χ0v) is 12.8. The Morgan fingerprint density at radius 1 is 1.36 bits per heavy atom. The van der Waals surface area contributed by atoms with Crippen LogP contribution >= 0.6 is 11.3 Å². The molecule has 0 unspecified atom stereocenters. The second-order valence-corrected chi connectivity index (χ2v) is 5.67. The van der Waals surface area contributed by atoms with Crippen LogP contribution in [-0.2, 0) is 0 Å². The number of hydrazone groups is 1. The van der Waals surface area contributed by atoms with Gasteiger partial charge in [-0.3, -0.25) is 14.9 Å². The molecule has 0 aliphatic carbocycles. The fraction of sp³-hybridized carbons (Fsp3) is 0.143. The van der Waals surface area contributed by atoms with Gasteiger partial charge in [-0.1, -0.05) is 17.4 Å². The van der Waals surface area contributed by atoms with Gasteiger partial charge in [-0.15, -0.1) is 0 Å². The minimum Gasteiger partial charge on any atom is -0.378 e. The molecule has 2 aromatic rings. The van der Waals surface area contributed by atoms with Crippen molar-refractivity contribution in [2.75, 3.05) is 19.0 Å². The van der Waals surface area contributed by atoms with Crippen LogP contribution in [0.5, 0.6) is 0 Å². The molecule has 0 spiro atoms. The predicted molar refractivity (Wildman–Crippen MR) is 86.8 cm³/mol. The molecular weight excluding hydrogens is 304 g/mol. The number of hydrogen-bond acceptors (Lipinski definition) is 6. The number of nitrogens with one attached hydrogen (secondary N) is 1. The highest BCUT2D eigenvalue weighted by Crippen LogP contribution is 2.22. The first-order chi connectivity index (χ1) is 10.5. The molecular formula is C14H14N4O3S. The van der Waals surface area contributed by atoms with E-state index in [1.54, 1.807) is 24.3 Å². The van der Waals surface area contributed by atoms with E-state index in [4.69, 9.17) is 0 Å². The Bertz CT molecular complexity index is 724. The normalized spacial score (nSPS) is 10.6. The molecule has 22 heavy (non-hydrogen) atoms. The number of nitrogens with zero attached hydrogens (tertiary/aromatic N) is 3. The van der Waals surface area contributed by atoms with Gasteiger partial charge in [0.05, 0.1) is 16.0 Å². The summed E-state index contributed by atoms with van der Waals surface area (Å²) in [5, 5.41) is 14.4. The van der Waals surface area contributed by atoms with Crippen molar-refractivity contribution in [2.24, 2.45) is 5.10 Å². The predicted octanol–water partition coefficient (Wildman–Crippen LogP) is 2.49. The standard InChI is InChI=1S/C14H14N4O3S/c1-17(2)11-5-3-4-10(8-11)14(19)16-15-9-12-6-7-13(22-12)18(20)21/h3-9H,1-2H3,(H,16,19)/b15-9+. The average Bonchev–Trinajstić information content (AvgIpc) is 2.96. The summed E-state index contributed by atoms with van der Waals surface area (Å²) in [6.07, 6.45) is 1.38. The number of thiophene rings is 1. The number of amides is 1. The van der Waals surface area contributed by atoms with Gasteiger partial charge in [-0.25, -0.2) is 5.43 Å². The highest BCUT2D eigenvalue weighted by atomic mass is 32.1. The Morgan fingerprint density at radius 3 is 2.77 bits per heavy atom. The van der Waals surface area contributed by atoms with Crippen molar-refractivity contribution in [3.05, 3.63) is 57.0 Å². The number of benzene rings is 1. The van der Waals surface area contributed by atoms with Gasteiger partial charge in [0.15, 0.2) is 0 Å². The SMILES string of the molecule is CN(C)c1cccc(C(=O)N/N=C/c2ccc([N+](=O)[O-])s2)c1. The highest BCUT2D eigenvalue weighted by Gasteiger charge is 2.09. The summed E-state index contributed by atoms with van der Waals surface area (Å²) in [6.45, 7) is 0. The molecule has 0 atom stereocenters. The van der Waals surface area contributed by atoms with Crippen LogP contribution in [0.4, 0.5) is 10.7 Å². The number of carbonyl (C=O) groups is 1. The van der Waals surface area contributed by atoms with Crippen LogP contribution in [0.1, 0.15) is 15.2 Å². The highest BCUT2D eigenvalue weighted by molar-refractivity contribution is 7.16. The molecule has 0 saturated carbocycles. The summed E-state index contributed by atoms with van der Waals surface area (Å²) in [6, 6.07) is 10.1. The van der Waals surface area contributed by atoms with Gasteiger partial charge >= 0.3 is 5.00 Å². The zero-order chi connectivity index (χ0) is 16.1. The van der Waals surface area contributed by atoms with Gasteiger partial charge in [0, 0.05) is 31.4 Å². The number of rotatable bonds is 5. The molecule has 0 saturated heterocycles. The summed E-state index contributed by atoms with van der Waals surface area (Å²) < 4.78 is 0. The van der Waals surface area contributed by atoms with E-state index in [0.717, 1.165) is 17.0 Å². The van der Waals surface area contributed by atoms with Crippen molar-refractivity contribution in [3.63, 3.8) is 0 Å². The third-order valence-corrected chi connectivity index (χ3v) is 3.75. The Balaban J connectivity index is 2.01. The number of nitro groups is 1. The second-order valence-electron chi connectivity index (χ2n) is 4.58. The van der Waals surface area contributed by atoms with Crippen molar-refractivity contribution in [3.8, 4) is 0 Å². The van der Waals surface area contributed by atoms with Gasteiger partial charge in [-0.2, -0.15) is 5.10 Å². The Kier molecular flexibility index (Phi) is 4.84. The lowest BCUT2D eigenvalue weighted by Crippen LogP contribution is -2.18. The maximum atomic E-state index is 12.0. The molecule has 1 amide bonds. The first kappa shape index (κ1) is 15.6. The van der Waals surface area contributed by atoms with Gasteiger partial charge in [-0.05, 0) is 24.3 Å². The Labute approximate surface area is 131 Å². The lowest BCUT2D eigenvalue weighted by atomic mass is 10.2. The summed E-state index contributed by atoms with van der Waals surface area (Å²) in [5.74, 6) is -0.342. The quantitative estimate of drug-likeness (QED) is 0.521. The maximum absolute atomic E-state index is 12.0. The van der Waals surface area contributed by atoms with Gasteiger partial charge in [0.1, 0.15) is 0 Å². The lowest BCUT2D eigenvalue weighted by Gasteiger charge is -2.12. The van der Waals surface area contributed by atoms with E-state index in [1.807, 2.05) is 25.1 Å². The van der Waals surface area contributed by atoms with E-state index in [1.165, 1.54) is 12.3 Å². The van der Waals surface area contributed by atoms with Crippen LogP contribution in [0.15, 0.2) is 41.5 Å². The average molecular weight is 318 g/mol. The van der Waals surface area contributed by atoms with Gasteiger partial charge < -0.3 is 4.90 Å². The van der Waals surface area contributed by atoms with E-state index in [9.17, 15) is 14.9 Å². The van der Waals surface area contributed by atoms with E-state index >= 15 is 0 Å². The van der Waals surface area contributed by atoms with Crippen LogP contribution in [0, 0.1) is 10.1 Å². The van der Waals surface area contributed by atoms with Crippen LogP contribution in [-0.4, -0.2) is 31.1 Å². The van der Waals surface area contributed by atoms with E-state index < -0.39 is 4.92 Å². The van der Waals surface area contributed by atoms with Crippen LogP contribution < -0.4 is 10.3 Å². The Morgan fingerprint density at radius 2 is 2.14 bits per heavy atom. The van der Waals surface area contributed by atoms with Crippen molar-refractivity contribution in [1.29, 1.82) is 0 Å². The minimum absolute atomic E-state index is 0.0338. The van der Waals surface area contributed by atoms with E-state index in [2.05, 4.69) is 10.5 Å². The zero-order valence-electron chi connectivity index (χ0n) is 12.0. The molecule has 1 aromatic carbocycles. The maximum Gasteiger partial charge on any atom is 0.324 e. The van der Waals surface area contributed by atoms with Crippen molar-refractivity contribution >= 4 is 34.1 Å². The first-order valence-electron chi connectivity index (χ1n) is 6.32. The molecule has 0 fully saturated rings. The first-order valence-corrected chi connectivity index (χ1v) is 7.14. The molecule has 114 valence electrons. The van der Waals surface area contributed by atoms with Crippen LogP contribution in [0.2, 0.25) is 0 Å². The third kappa shape index (κ3) is 3.89. The molecule has 1 heterocycles. The Hall–Kier alpha value is -2.74. The fourth-order valence-electron chi connectivity index (χ4n) is 1.65. The summed E-state index contributed by atoms with van der Waals surface area (Å²) in [7, 11) is 3.78. The number of anilines is 1. The van der Waals surface area contributed by atoms with E-state index in [0.29, 0.717) is 10.4 Å². The third-order valence-electron chi connectivity index (χ3n) is 2.78. The van der Waals surface area contributed by atoms with Crippen LogP contribution in [0.3, 0.4) is 0 Å². The molecule has 2 rings (SSSR count). The minimum atomic E-state index is -0.465. The van der Waals surface area contributed by atoms with Crippen LogP contribution in [0.25, 0.3) is 0 Å². The molecule has 0 aliphatic rings. The molecule has 1 aromatic heterocycles. The molecule has 7 nitrogen and oxygen atoms in total. The molecule has 1 N–H and O–H groups in total. The van der Waals surface area contributed by atoms with Crippen molar-refractivity contribution < 1.29 is 9.72 Å². The van der Waals surface area contributed by atoms with Gasteiger partial charge in [0.2, 0.25) is 0 Å². The summed E-state index contributed by atoms with van der Waals surface area (Å²) in [4.78, 5) is 24.6. The van der Waals surface area contributed by atoms with Crippen molar-refractivity contribution in [1.82, 2.24) is 5.43 Å². The number of carbonyl (C=O) groups excluding carboxylic acids is 1. The molecule has 8 heteroatoms. The van der Waals surface area contributed by atoms with Gasteiger partial charge in [0.25, 0.3) is 5.91 Å². The number of hydrogen-bond donors (Lipinski definition) is 1. The smallest absolute Gasteiger partial charge is 0.324 e. The lowest BCUT2D eigenvalue weighted by molar-refractivity contribution is -0.380. The summed E-state index contributed by atoms with van der Waals surface area (Å²) >= 11 is 0.988. The monoisotopic (exact) mass is 318 g/mol. The molecule has 0 radical (unpaired) electrons. The molecule has 0 aliphatic heterocycles. The summed E-state index contributed by atoms with van der Waals surface area (Å²) in [5.41, 5.74) is 3.80. The van der Waals surface area contributed by atoms with Crippen molar-refractivity contribution in [2.45, 2.75) is 0 Å². The fourth-order valence-corrected chi connectivity index (χ4v) is 2.35.